The summed E-state index contributed by atoms with van der Waals surface area (Å²) < 4.78 is 16.5. The Morgan fingerprint density at radius 2 is 2.00 bits per heavy atom. The van der Waals surface area contributed by atoms with Gasteiger partial charge in [-0.1, -0.05) is 0 Å². The lowest BCUT2D eigenvalue weighted by Crippen LogP contribution is -2.29. The highest BCUT2D eigenvalue weighted by molar-refractivity contribution is 9.10. The number of nitrogens with two attached hydrogens (primary N) is 1. The molecular weight excluding hydrogens is 348 g/mol. The van der Waals surface area contributed by atoms with Crippen LogP contribution in [0.15, 0.2) is 33.4 Å². The number of benzene rings is 1. The Hall–Kier alpha value is -1.21. The molecule has 20 heavy (non-hydrogen) atoms. The first-order chi connectivity index (χ1) is 9.63. The van der Waals surface area contributed by atoms with E-state index in [4.69, 9.17) is 31.3 Å². The molecule has 0 aliphatic carbocycles. The van der Waals surface area contributed by atoms with Crippen molar-refractivity contribution in [3.8, 4) is 11.5 Å². The van der Waals surface area contributed by atoms with Crippen LogP contribution in [-0.2, 0) is 0 Å². The van der Waals surface area contributed by atoms with Crippen molar-refractivity contribution in [2.75, 3.05) is 14.2 Å². The van der Waals surface area contributed by atoms with Crippen LogP contribution in [0, 0.1) is 0 Å². The van der Waals surface area contributed by atoms with Crippen LogP contribution in [0.25, 0.3) is 0 Å². The highest BCUT2D eigenvalue weighted by atomic mass is 79.9. The van der Waals surface area contributed by atoms with E-state index < -0.39 is 0 Å². The van der Waals surface area contributed by atoms with Gasteiger partial charge in [-0.25, -0.2) is 5.43 Å². The molecule has 0 spiro atoms. The normalized spacial score (nSPS) is 12.2. The summed E-state index contributed by atoms with van der Waals surface area (Å²) in [7, 11) is 3.17. The van der Waals surface area contributed by atoms with Crippen molar-refractivity contribution in [3.63, 3.8) is 0 Å². The fourth-order valence-electron chi connectivity index (χ4n) is 2.00. The van der Waals surface area contributed by atoms with E-state index in [1.54, 1.807) is 20.3 Å². The summed E-state index contributed by atoms with van der Waals surface area (Å²) in [5.74, 6) is 6.94. The minimum absolute atomic E-state index is 0.280. The maximum Gasteiger partial charge on any atom is 0.198 e. The van der Waals surface area contributed by atoms with Gasteiger partial charge in [0.25, 0.3) is 0 Å². The van der Waals surface area contributed by atoms with Crippen molar-refractivity contribution in [2.24, 2.45) is 5.84 Å². The Labute approximate surface area is 130 Å². The Balaban J connectivity index is 2.56. The van der Waals surface area contributed by atoms with E-state index >= 15 is 0 Å². The van der Waals surface area contributed by atoms with E-state index in [0.29, 0.717) is 16.0 Å². The number of hydrogen-bond donors (Lipinski definition) is 2. The van der Waals surface area contributed by atoms with E-state index in [1.807, 2.05) is 12.1 Å². The zero-order chi connectivity index (χ0) is 14.7. The Morgan fingerprint density at radius 3 is 2.50 bits per heavy atom. The predicted octanol–water partition coefficient (Wildman–Crippen LogP) is 3.27. The van der Waals surface area contributed by atoms with E-state index in [-0.39, 0.29) is 11.3 Å². The third-order valence-electron chi connectivity index (χ3n) is 2.95. The molecule has 3 N–H and O–H groups in total. The topological polar surface area (TPSA) is 69.7 Å². The molecule has 2 aromatic rings. The largest absolute Gasteiger partial charge is 0.495 e. The summed E-state index contributed by atoms with van der Waals surface area (Å²) >= 11 is 9.47. The van der Waals surface area contributed by atoms with Crippen LogP contribution in [0.2, 0.25) is 5.22 Å². The highest BCUT2D eigenvalue weighted by Gasteiger charge is 2.24. The average Bonchev–Trinajstić information content (AvgIpc) is 2.86. The molecule has 0 bridgehead atoms. The fraction of sp³-hybridized carbons (Fsp3) is 0.231. The SMILES string of the molecule is COc1ccc(C(NN)c2ccoc2Cl)c(OC)c1Br. The monoisotopic (exact) mass is 360 g/mol. The van der Waals surface area contributed by atoms with Gasteiger partial charge in [0, 0.05) is 11.1 Å². The maximum absolute atomic E-state index is 6.02. The average molecular weight is 362 g/mol. The summed E-state index contributed by atoms with van der Waals surface area (Å²) in [5, 5.41) is 0.280. The van der Waals surface area contributed by atoms with Crippen molar-refractivity contribution >= 4 is 27.5 Å². The number of halogens is 2. The number of nitrogens with one attached hydrogen (secondary N) is 1. The molecule has 1 atom stereocenters. The molecule has 1 unspecified atom stereocenters. The lowest BCUT2D eigenvalue weighted by Gasteiger charge is -2.20. The minimum atomic E-state index is -0.363. The number of ether oxygens (including phenoxy) is 2. The number of methoxy groups -OCH3 is 2. The fourth-order valence-corrected chi connectivity index (χ4v) is 2.91. The summed E-state index contributed by atoms with van der Waals surface area (Å²) in [6.07, 6.45) is 1.51. The first kappa shape index (κ1) is 15.2. The van der Waals surface area contributed by atoms with Crippen molar-refractivity contribution in [3.05, 3.63) is 45.3 Å². The van der Waals surface area contributed by atoms with Gasteiger partial charge in [0.2, 0.25) is 0 Å². The molecule has 0 amide bonds. The van der Waals surface area contributed by atoms with Gasteiger partial charge in [-0.3, -0.25) is 5.84 Å². The van der Waals surface area contributed by atoms with Crippen LogP contribution >= 0.6 is 27.5 Å². The Morgan fingerprint density at radius 1 is 1.25 bits per heavy atom. The van der Waals surface area contributed by atoms with Crippen molar-refractivity contribution in [1.29, 1.82) is 0 Å². The predicted molar refractivity (Wildman–Crippen MR) is 80.1 cm³/mol. The zero-order valence-electron chi connectivity index (χ0n) is 10.9. The van der Waals surface area contributed by atoms with Gasteiger partial charge in [0.15, 0.2) is 5.22 Å². The van der Waals surface area contributed by atoms with E-state index in [9.17, 15) is 0 Å². The van der Waals surface area contributed by atoms with Gasteiger partial charge in [-0.05, 0) is 45.7 Å². The molecule has 1 heterocycles. The smallest absolute Gasteiger partial charge is 0.198 e. The van der Waals surface area contributed by atoms with Crippen molar-refractivity contribution in [1.82, 2.24) is 5.43 Å². The molecule has 0 radical (unpaired) electrons. The highest BCUT2D eigenvalue weighted by Crippen LogP contribution is 2.42. The minimum Gasteiger partial charge on any atom is -0.495 e. The van der Waals surface area contributed by atoms with Gasteiger partial charge in [-0.15, -0.1) is 0 Å². The van der Waals surface area contributed by atoms with Crippen LogP contribution in [0.4, 0.5) is 0 Å². The lowest BCUT2D eigenvalue weighted by atomic mass is 10.0. The number of hydrazine groups is 1. The van der Waals surface area contributed by atoms with Gasteiger partial charge in [0.1, 0.15) is 16.0 Å². The van der Waals surface area contributed by atoms with Gasteiger partial charge >= 0.3 is 0 Å². The molecule has 0 saturated carbocycles. The lowest BCUT2D eigenvalue weighted by molar-refractivity contribution is 0.382. The maximum atomic E-state index is 6.02. The van der Waals surface area contributed by atoms with E-state index in [1.165, 1.54) is 6.26 Å². The van der Waals surface area contributed by atoms with E-state index in [0.717, 1.165) is 11.1 Å². The molecule has 1 aromatic carbocycles. The standard InChI is InChI=1S/C13H14BrClN2O3/c1-18-9-4-3-7(12(19-2)10(9)14)11(17-16)8-5-6-20-13(8)15/h3-6,11,17H,16H2,1-2H3. The quantitative estimate of drug-likeness (QED) is 0.632. The number of rotatable bonds is 5. The van der Waals surface area contributed by atoms with E-state index in [2.05, 4.69) is 21.4 Å². The van der Waals surface area contributed by atoms with Gasteiger partial charge in [-0.2, -0.15) is 0 Å². The molecule has 5 nitrogen and oxygen atoms in total. The molecular formula is C13H14BrClN2O3. The molecule has 1 aromatic heterocycles. The summed E-state index contributed by atoms with van der Waals surface area (Å²) in [4.78, 5) is 0. The molecule has 0 saturated heterocycles. The second-order valence-electron chi connectivity index (χ2n) is 3.95. The number of hydrogen-bond acceptors (Lipinski definition) is 5. The van der Waals surface area contributed by atoms with Gasteiger partial charge in [0.05, 0.1) is 26.5 Å². The molecule has 0 fully saturated rings. The van der Waals surface area contributed by atoms with Crippen molar-refractivity contribution < 1.29 is 13.9 Å². The van der Waals surface area contributed by atoms with Crippen LogP contribution < -0.4 is 20.7 Å². The van der Waals surface area contributed by atoms with Crippen molar-refractivity contribution in [2.45, 2.75) is 6.04 Å². The summed E-state index contributed by atoms with van der Waals surface area (Å²) in [6.45, 7) is 0. The molecule has 0 aliphatic heterocycles. The zero-order valence-corrected chi connectivity index (χ0v) is 13.3. The molecule has 7 heteroatoms. The van der Waals surface area contributed by atoms with Crippen LogP contribution in [0.5, 0.6) is 11.5 Å². The Kier molecular flexibility index (Phi) is 4.93. The third-order valence-corrected chi connectivity index (χ3v) is 4.01. The van der Waals surface area contributed by atoms with Crippen LogP contribution in [-0.4, -0.2) is 14.2 Å². The third kappa shape index (κ3) is 2.64. The second-order valence-corrected chi connectivity index (χ2v) is 5.09. The second kappa shape index (κ2) is 6.49. The van der Waals surface area contributed by atoms with Crippen LogP contribution in [0.3, 0.4) is 0 Å². The Bertz CT molecular complexity index is 603. The van der Waals surface area contributed by atoms with Crippen LogP contribution in [0.1, 0.15) is 17.2 Å². The molecule has 108 valence electrons. The molecule has 2 rings (SSSR count). The summed E-state index contributed by atoms with van der Waals surface area (Å²) in [5.41, 5.74) is 4.25. The summed E-state index contributed by atoms with van der Waals surface area (Å²) in [6, 6.07) is 5.07. The first-order valence-corrected chi connectivity index (χ1v) is 6.90. The molecule has 0 aliphatic rings. The number of furan rings is 1. The first-order valence-electron chi connectivity index (χ1n) is 5.73. The van der Waals surface area contributed by atoms with Gasteiger partial charge < -0.3 is 13.9 Å².